The Labute approximate surface area is 106 Å². The Kier molecular flexibility index (Phi) is 3.32. The van der Waals surface area contributed by atoms with Crippen LogP contribution in [0.4, 0.5) is 5.82 Å². The molecule has 0 amide bonds. The van der Waals surface area contributed by atoms with Crippen molar-refractivity contribution in [3.63, 3.8) is 0 Å². The van der Waals surface area contributed by atoms with E-state index >= 15 is 0 Å². The minimum atomic E-state index is -0.240. The van der Waals surface area contributed by atoms with Crippen molar-refractivity contribution in [3.05, 3.63) is 21.7 Å². The SMILES string of the molecule is O=c1nc(NC2CCCCC2)c2c([nH]1)CNCC2. The van der Waals surface area contributed by atoms with Crippen molar-refractivity contribution in [2.75, 3.05) is 11.9 Å². The van der Waals surface area contributed by atoms with Gasteiger partial charge in [0.05, 0.1) is 0 Å². The van der Waals surface area contributed by atoms with Crippen LogP contribution >= 0.6 is 0 Å². The third-order valence-corrected chi connectivity index (χ3v) is 3.92. The van der Waals surface area contributed by atoms with Gasteiger partial charge in [0.1, 0.15) is 5.82 Å². The average molecular weight is 248 g/mol. The van der Waals surface area contributed by atoms with E-state index in [1.807, 2.05) is 0 Å². The first-order valence-corrected chi connectivity index (χ1v) is 6.92. The third kappa shape index (κ3) is 2.41. The fourth-order valence-electron chi connectivity index (χ4n) is 2.95. The molecule has 1 aromatic rings. The second-order valence-corrected chi connectivity index (χ2v) is 5.25. The summed E-state index contributed by atoms with van der Waals surface area (Å²) >= 11 is 0. The van der Waals surface area contributed by atoms with Crippen molar-refractivity contribution in [2.24, 2.45) is 0 Å². The van der Waals surface area contributed by atoms with Gasteiger partial charge in [0.15, 0.2) is 0 Å². The van der Waals surface area contributed by atoms with E-state index in [1.54, 1.807) is 0 Å². The lowest BCUT2D eigenvalue weighted by Gasteiger charge is -2.26. The van der Waals surface area contributed by atoms with Crippen LogP contribution in [0.3, 0.4) is 0 Å². The maximum absolute atomic E-state index is 11.6. The van der Waals surface area contributed by atoms with E-state index in [0.29, 0.717) is 6.04 Å². The molecule has 3 N–H and O–H groups in total. The van der Waals surface area contributed by atoms with Gasteiger partial charge < -0.3 is 15.6 Å². The lowest BCUT2D eigenvalue weighted by molar-refractivity contribution is 0.461. The number of nitrogens with zero attached hydrogens (tertiary/aromatic N) is 1. The molecule has 1 aliphatic heterocycles. The van der Waals surface area contributed by atoms with Gasteiger partial charge in [-0.2, -0.15) is 4.98 Å². The highest BCUT2D eigenvalue weighted by molar-refractivity contribution is 5.47. The molecule has 1 saturated carbocycles. The topological polar surface area (TPSA) is 69.8 Å². The largest absolute Gasteiger partial charge is 0.367 e. The van der Waals surface area contributed by atoms with Gasteiger partial charge in [-0.15, -0.1) is 0 Å². The fourth-order valence-corrected chi connectivity index (χ4v) is 2.95. The molecule has 18 heavy (non-hydrogen) atoms. The van der Waals surface area contributed by atoms with Gasteiger partial charge in [-0.25, -0.2) is 4.79 Å². The van der Waals surface area contributed by atoms with Gasteiger partial charge in [-0.05, 0) is 25.8 Å². The maximum atomic E-state index is 11.6. The highest BCUT2D eigenvalue weighted by Crippen LogP contribution is 2.24. The van der Waals surface area contributed by atoms with E-state index in [2.05, 4.69) is 20.6 Å². The minimum absolute atomic E-state index is 0.240. The van der Waals surface area contributed by atoms with E-state index in [4.69, 9.17) is 0 Å². The summed E-state index contributed by atoms with van der Waals surface area (Å²) in [6.45, 7) is 1.70. The first-order valence-electron chi connectivity index (χ1n) is 6.92. The first-order chi connectivity index (χ1) is 8.83. The third-order valence-electron chi connectivity index (χ3n) is 3.92. The number of nitrogens with one attached hydrogen (secondary N) is 3. The van der Waals surface area contributed by atoms with Crippen LogP contribution in [0.25, 0.3) is 0 Å². The van der Waals surface area contributed by atoms with Crippen LogP contribution in [0, 0.1) is 0 Å². The molecule has 0 unspecified atom stereocenters. The average Bonchev–Trinajstić information content (AvgIpc) is 2.40. The summed E-state index contributed by atoms with van der Waals surface area (Å²) in [4.78, 5) is 18.5. The van der Waals surface area contributed by atoms with Gasteiger partial charge in [0, 0.05) is 23.8 Å². The van der Waals surface area contributed by atoms with Crippen molar-refractivity contribution in [1.82, 2.24) is 15.3 Å². The molecule has 1 fully saturated rings. The monoisotopic (exact) mass is 248 g/mol. The van der Waals surface area contributed by atoms with Crippen molar-refractivity contribution in [1.29, 1.82) is 0 Å². The van der Waals surface area contributed by atoms with Crippen LogP contribution in [-0.2, 0) is 13.0 Å². The Balaban J connectivity index is 1.85. The van der Waals surface area contributed by atoms with E-state index in [1.165, 1.54) is 37.7 Å². The van der Waals surface area contributed by atoms with Crippen LogP contribution in [0.5, 0.6) is 0 Å². The van der Waals surface area contributed by atoms with Gasteiger partial charge in [-0.1, -0.05) is 19.3 Å². The number of aromatic nitrogens is 2. The molecule has 0 saturated heterocycles. The number of rotatable bonds is 2. The minimum Gasteiger partial charge on any atom is -0.367 e. The van der Waals surface area contributed by atoms with Gasteiger partial charge >= 0.3 is 5.69 Å². The Morgan fingerprint density at radius 2 is 2.06 bits per heavy atom. The lowest BCUT2D eigenvalue weighted by atomic mass is 9.95. The zero-order valence-corrected chi connectivity index (χ0v) is 10.6. The van der Waals surface area contributed by atoms with E-state index < -0.39 is 0 Å². The number of aromatic amines is 1. The molecule has 5 nitrogen and oxygen atoms in total. The molecule has 98 valence electrons. The van der Waals surface area contributed by atoms with Crippen LogP contribution in [0.1, 0.15) is 43.4 Å². The molecule has 0 atom stereocenters. The Hall–Kier alpha value is -1.36. The van der Waals surface area contributed by atoms with Crippen molar-refractivity contribution in [3.8, 4) is 0 Å². The number of anilines is 1. The van der Waals surface area contributed by atoms with Crippen LogP contribution in [-0.4, -0.2) is 22.6 Å². The summed E-state index contributed by atoms with van der Waals surface area (Å²) in [6.07, 6.45) is 7.23. The zero-order valence-electron chi connectivity index (χ0n) is 10.6. The van der Waals surface area contributed by atoms with Crippen molar-refractivity contribution in [2.45, 2.75) is 51.1 Å². The molecule has 3 rings (SSSR count). The summed E-state index contributed by atoms with van der Waals surface area (Å²) in [5.74, 6) is 0.821. The lowest BCUT2D eigenvalue weighted by Crippen LogP contribution is -2.32. The molecule has 2 heterocycles. The number of H-pyrrole nitrogens is 1. The quantitative estimate of drug-likeness (QED) is 0.734. The summed E-state index contributed by atoms with van der Waals surface area (Å²) in [6, 6.07) is 0.493. The summed E-state index contributed by atoms with van der Waals surface area (Å²) < 4.78 is 0. The van der Waals surface area contributed by atoms with Crippen LogP contribution < -0.4 is 16.3 Å². The predicted octanol–water partition coefficient (Wildman–Crippen LogP) is 1.16. The van der Waals surface area contributed by atoms with Crippen LogP contribution in [0.2, 0.25) is 0 Å². The van der Waals surface area contributed by atoms with Gasteiger partial charge in [0.2, 0.25) is 0 Å². The maximum Gasteiger partial charge on any atom is 0.347 e. The number of hydrogen-bond donors (Lipinski definition) is 3. The zero-order chi connectivity index (χ0) is 12.4. The molecule has 0 bridgehead atoms. The highest BCUT2D eigenvalue weighted by atomic mass is 16.1. The molecule has 2 aliphatic rings. The Morgan fingerprint density at radius 3 is 2.89 bits per heavy atom. The predicted molar refractivity (Wildman–Crippen MR) is 70.8 cm³/mol. The molecule has 0 aromatic carbocycles. The molecular weight excluding hydrogens is 228 g/mol. The Bertz CT molecular complexity index is 476. The van der Waals surface area contributed by atoms with E-state index in [0.717, 1.165) is 31.0 Å². The second kappa shape index (κ2) is 5.10. The highest BCUT2D eigenvalue weighted by Gasteiger charge is 2.19. The van der Waals surface area contributed by atoms with Gasteiger partial charge in [0.25, 0.3) is 0 Å². The van der Waals surface area contributed by atoms with Crippen molar-refractivity contribution < 1.29 is 0 Å². The molecule has 0 spiro atoms. The fraction of sp³-hybridized carbons (Fsp3) is 0.692. The molecule has 1 aromatic heterocycles. The summed E-state index contributed by atoms with van der Waals surface area (Å²) in [5, 5.41) is 6.76. The number of hydrogen-bond acceptors (Lipinski definition) is 4. The molecular formula is C13H20N4O. The van der Waals surface area contributed by atoms with E-state index in [-0.39, 0.29) is 5.69 Å². The Morgan fingerprint density at radius 1 is 1.22 bits per heavy atom. The van der Waals surface area contributed by atoms with Gasteiger partial charge in [-0.3, -0.25) is 0 Å². The standard InChI is InChI=1S/C13H20N4O/c18-13-16-11-8-14-7-6-10(11)12(17-13)15-9-4-2-1-3-5-9/h9,14H,1-8H2,(H2,15,16,17,18). The summed E-state index contributed by atoms with van der Waals surface area (Å²) in [7, 11) is 0. The normalized spacial score (nSPS) is 20.4. The van der Waals surface area contributed by atoms with E-state index in [9.17, 15) is 4.79 Å². The molecule has 0 radical (unpaired) electrons. The molecule has 1 aliphatic carbocycles. The van der Waals surface area contributed by atoms with Crippen molar-refractivity contribution >= 4 is 5.82 Å². The smallest absolute Gasteiger partial charge is 0.347 e. The number of fused-ring (bicyclic) bond motifs is 1. The molecule has 5 heteroatoms. The van der Waals surface area contributed by atoms with Crippen LogP contribution in [0.15, 0.2) is 4.79 Å². The second-order valence-electron chi connectivity index (χ2n) is 5.25. The first kappa shape index (κ1) is 11.7. The summed E-state index contributed by atoms with van der Waals surface area (Å²) in [5.41, 5.74) is 1.95.